The minimum absolute atomic E-state index is 0.460. The summed E-state index contributed by atoms with van der Waals surface area (Å²) in [4.78, 5) is 8.41. The Morgan fingerprint density at radius 3 is 2.62 bits per heavy atom. The quantitative estimate of drug-likeness (QED) is 0.746. The minimum atomic E-state index is 0.460. The molecule has 3 nitrogen and oxygen atoms in total. The topological polar surface area (TPSA) is 51.8 Å². The van der Waals surface area contributed by atoms with E-state index in [1.54, 1.807) is 24.2 Å². The summed E-state index contributed by atoms with van der Waals surface area (Å²) < 4.78 is 0. The van der Waals surface area contributed by atoms with Crippen molar-refractivity contribution in [2.45, 2.75) is 25.4 Å². The summed E-state index contributed by atoms with van der Waals surface area (Å²) in [7, 11) is 0. The van der Waals surface area contributed by atoms with E-state index in [2.05, 4.69) is 23.8 Å². The number of hydrogen-bond donors (Lipinski definition) is 1. The molecule has 0 aliphatic heterocycles. The van der Waals surface area contributed by atoms with Crippen LogP contribution in [0.5, 0.6) is 0 Å². The van der Waals surface area contributed by atoms with Gasteiger partial charge in [-0.2, -0.15) is 0 Å². The summed E-state index contributed by atoms with van der Waals surface area (Å²) in [5.74, 6) is 1.76. The first-order chi connectivity index (χ1) is 6.22. The molecule has 0 aromatic carbocycles. The molecule has 0 amide bonds. The van der Waals surface area contributed by atoms with Crippen molar-refractivity contribution in [3.8, 4) is 0 Å². The van der Waals surface area contributed by atoms with Gasteiger partial charge in [0.25, 0.3) is 0 Å². The highest BCUT2D eigenvalue weighted by Crippen LogP contribution is 2.16. The SMILES string of the molecule is CC(C)CSc1cnc(CN)cn1. The molecule has 0 fully saturated rings. The molecule has 0 saturated heterocycles. The molecule has 1 rings (SSSR count). The molecule has 13 heavy (non-hydrogen) atoms. The lowest BCUT2D eigenvalue weighted by Gasteiger charge is -2.03. The number of rotatable bonds is 4. The summed E-state index contributed by atoms with van der Waals surface area (Å²) in [5.41, 5.74) is 6.25. The predicted octanol–water partition coefficient (Wildman–Crippen LogP) is 1.68. The molecule has 1 aromatic rings. The van der Waals surface area contributed by atoms with E-state index in [1.807, 2.05) is 0 Å². The molecule has 2 N–H and O–H groups in total. The van der Waals surface area contributed by atoms with E-state index in [4.69, 9.17) is 5.73 Å². The molecule has 1 heterocycles. The zero-order valence-corrected chi connectivity index (χ0v) is 8.84. The Kier molecular flexibility index (Phi) is 4.18. The van der Waals surface area contributed by atoms with Crippen LogP contribution in [0.3, 0.4) is 0 Å². The highest BCUT2D eigenvalue weighted by Gasteiger charge is 1.99. The van der Waals surface area contributed by atoms with E-state index in [-0.39, 0.29) is 0 Å². The van der Waals surface area contributed by atoms with Gasteiger partial charge < -0.3 is 5.73 Å². The van der Waals surface area contributed by atoms with Gasteiger partial charge in [-0.25, -0.2) is 4.98 Å². The van der Waals surface area contributed by atoms with E-state index in [9.17, 15) is 0 Å². The van der Waals surface area contributed by atoms with Crippen LogP contribution in [0.25, 0.3) is 0 Å². The lowest BCUT2D eigenvalue weighted by molar-refractivity contribution is 0.749. The molecule has 4 heteroatoms. The smallest absolute Gasteiger partial charge is 0.114 e. The van der Waals surface area contributed by atoms with E-state index in [0.29, 0.717) is 12.5 Å². The first-order valence-electron chi connectivity index (χ1n) is 4.36. The summed E-state index contributed by atoms with van der Waals surface area (Å²) in [6, 6.07) is 0. The number of nitrogens with two attached hydrogens (primary N) is 1. The molecule has 0 unspecified atom stereocenters. The van der Waals surface area contributed by atoms with Crippen molar-refractivity contribution >= 4 is 11.8 Å². The molecule has 1 aromatic heterocycles. The second-order valence-corrected chi connectivity index (χ2v) is 4.30. The fourth-order valence-electron chi connectivity index (χ4n) is 0.775. The van der Waals surface area contributed by atoms with Gasteiger partial charge in [0.05, 0.1) is 18.1 Å². The molecular weight excluding hydrogens is 182 g/mol. The Hall–Kier alpha value is -0.610. The molecule has 72 valence electrons. The Labute approximate surface area is 83.2 Å². The van der Waals surface area contributed by atoms with Crippen molar-refractivity contribution in [2.24, 2.45) is 11.7 Å². The largest absolute Gasteiger partial charge is 0.325 e. The average molecular weight is 197 g/mol. The molecule has 0 aliphatic carbocycles. The average Bonchev–Trinajstić information content (AvgIpc) is 2.15. The molecule has 0 bridgehead atoms. The first-order valence-corrected chi connectivity index (χ1v) is 5.34. The first kappa shape index (κ1) is 10.5. The van der Waals surface area contributed by atoms with Gasteiger partial charge in [0.2, 0.25) is 0 Å². The predicted molar refractivity (Wildman–Crippen MR) is 55.5 cm³/mol. The standard InChI is InChI=1S/C9H15N3S/c1-7(2)6-13-9-5-11-8(3-10)4-12-9/h4-5,7H,3,6,10H2,1-2H3. The van der Waals surface area contributed by atoms with E-state index < -0.39 is 0 Å². The van der Waals surface area contributed by atoms with Crippen LogP contribution < -0.4 is 5.73 Å². The van der Waals surface area contributed by atoms with Crippen molar-refractivity contribution in [1.29, 1.82) is 0 Å². The van der Waals surface area contributed by atoms with Crippen molar-refractivity contribution in [1.82, 2.24) is 9.97 Å². The summed E-state index contributed by atoms with van der Waals surface area (Å²) in [6.45, 7) is 4.84. The number of aromatic nitrogens is 2. The van der Waals surface area contributed by atoms with Crippen LogP contribution in [0.15, 0.2) is 17.4 Å². The highest BCUT2D eigenvalue weighted by atomic mass is 32.2. The zero-order chi connectivity index (χ0) is 9.68. The van der Waals surface area contributed by atoms with Crippen LogP contribution in [0.1, 0.15) is 19.5 Å². The highest BCUT2D eigenvalue weighted by molar-refractivity contribution is 7.99. The van der Waals surface area contributed by atoms with Crippen LogP contribution in [0.2, 0.25) is 0 Å². The molecule has 0 aliphatic rings. The lowest BCUT2D eigenvalue weighted by atomic mass is 10.3. The van der Waals surface area contributed by atoms with Crippen LogP contribution >= 0.6 is 11.8 Å². The van der Waals surface area contributed by atoms with Crippen molar-refractivity contribution < 1.29 is 0 Å². The second kappa shape index (κ2) is 5.19. The molecule has 0 spiro atoms. The number of nitrogens with zero attached hydrogens (tertiary/aromatic N) is 2. The molecule has 0 atom stereocenters. The Balaban J connectivity index is 2.49. The maximum Gasteiger partial charge on any atom is 0.114 e. The zero-order valence-electron chi connectivity index (χ0n) is 8.03. The van der Waals surface area contributed by atoms with Gasteiger partial charge in [0.1, 0.15) is 5.03 Å². The summed E-state index contributed by atoms with van der Waals surface area (Å²) in [5, 5.41) is 0.978. The molecule has 0 saturated carbocycles. The van der Waals surface area contributed by atoms with E-state index in [1.165, 1.54) is 0 Å². The summed E-state index contributed by atoms with van der Waals surface area (Å²) in [6.07, 6.45) is 3.53. The lowest BCUT2D eigenvalue weighted by Crippen LogP contribution is -2.00. The molecule has 0 radical (unpaired) electrons. The Bertz CT molecular complexity index is 246. The molecular formula is C9H15N3S. The normalized spacial score (nSPS) is 10.8. The third-order valence-electron chi connectivity index (χ3n) is 1.46. The van der Waals surface area contributed by atoms with Crippen molar-refractivity contribution in [3.05, 3.63) is 18.1 Å². The number of thioether (sulfide) groups is 1. The fraction of sp³-hybridized carbons (Fsp3) is 0.556. The Morgan fingerprint density at radius 2 is 2.15 bits per heavy atom. The van der Waals surface area contributed by atoms with Gasteiger partial charge in [-0.05, 0) is 5.92 Å². The fourth-order valence-corrected chi connectivity index (χ4v) is 1.53. The number of hydrogen-bond acceptors (Lipinski definition) is 4. The van der Waals surface area contributed by atoms with Crippen molar-refractivity contribution in [3.63, 3.8) is 0 Å². The van der Waals surface area contributed by atoms with E-state index in [0.717, 1.165) is 16.5 Å². The Morgan fingerprint density at radius 1 is 1.38 bits per heavy atom. The monoisotopic (exact) mass is 197 g/mol. The summed E-state index contributed by atoms with van der Waals surface area (Å²) >= 11 is 1.73. The van der Waals surface area contributed by atoms with Crippen LogP contribution in [-0.2, 0) is 6.54 Å². The van der Waals surface area contributed by atoms with Gasteiger partial charge in [-0.1, -0.05) is 13.8 Å². The van der Waals surface area contributed by atoms with Gasteiger partial charge in [-0.3, -0.25) is 4.98 Å². The van der Waals surface area contributed by atoms with Gasteiger partial charge in [0, 0.05) is 12.3 Å². The maximum absolute atomic E-state index is 5.41. The van der Waals surface area contributed by atoms with Gasteiger partial charge in [0.15, 0.2) is 0 Å². The minimum Gasteiger partial charge on any atom is -0.325 e. The maximum atomic E-state index is 5.41. The van der Waals surface area contributed by atoms with Crippen molar-refractivity contribution in [2.75, 3.05) is 5.75 Å². The van der Waals surface area contributed by atoms with E-state index >= 15 is 0 Å². The third-order valence-corrected chi connectivity index (χ3v) is 2.80. The van der Waals surface area contributed by atoms with Gasteiger partial charge >= 0.3 is 0 Å². The third kappa shape index (κ3) is 3.74. The second-order valence-electron chi connectivity index (χ2n) is 3.25. The van der Waals surface area contributed by atoms with Crippen LogP contribution in [0, 0.1) is 5.92 Å². The van der Waals surface area contributed by atoms with Gasteiger partial charge in [-0.15, -0.1) is 11.8 Å². The van der Waals surface area contributed by atoms with Crippen LogP contribution in [-0.4, -0.2) is 15.7 Å². The van der Waals surface area contributed by atoms with Crippen LogP contribution in [0.4, 0.5) is 0 Å².